The molecule has 12 heavy (non-hydrogen) atoms. The molecule has 0 radical (unpaired) electrons. The van der Waals surface area contributed by atoms with Gasteiger partial charge in [0, 0.05) is 21.7 Å². The Morgan fingerprint density at radius 3 is 1.33 bits per heavy atom. The van der Waals surface area contributed by atoms with Crippen molar-refractivity contribution in [1.82, 2.24) is 0 Å². The van der Waals surface area contributed by atoms with Crippen LogP contribution in [0.3, 0.4) is 0 Å². The molecule has 0 fully saturated rings. The molecular weight excluding hydrogens is 190 g/mol. The molecule has 0 saturated carbocycles. The maximum atomic E-state index is 9.55. The molecule has 66 valence electrons. The number of phenols is 2. The molecule has 1 rings (SSSR count). The first kappa shape index (κ1) is 9.77. The van der Waals surface area contributed by atoms with Crippen molar-refractivity contribution in [3.63, 3.8) is 0 Å². The van der Waals surface area contributed by atoms with Gasteiger partial charge in [0.05, 0.1) is 0 Å². The summed E-state index contributed by atoms with van der Waals surface area (Å²) in [5.74, 6) is 0.473. The second-order valence-electron chi connectivity index (χ2n) is 2.77. The van der Waals surface area contributed by atoms with Crippen LogP contribution in [0.4, 0.5) is 0 Å². The van der Waals surface area contributed by atoms with Gasteiger partial charge in [-0.15, -0.1) is 18.5 Å². The number of benzene rings is 1. The van der Waals surface area contributed by atoms with E-state index in [-0.39, 0.29) is 11.5 Å². The zero-order valence-electron chi connectivity index (χ0n) is 7.05. The Morgan fingerprint density at radius 1 is 0.833 bits per heavy atom. The first-order valence-corrected chi connectivity index (χ1v) is 4.68. The molecule has 2 N–H and O–H groups in total. The highest BCUT2D eigenvalue weighted by atomic mass is 31.0. The van der Waals surface area contributed by atoms with Crippen LogP contribution < -0.4 is 10.6 Å². The van der Waals surface area contributed by atoms with E-state index < -0.39 is 0 Å². The molecule has 1 aromatic carbocycles. The molecule has 0 bridgehead atoms. The molecule has 2 atom stereocenters. The van der Waals surface area contributed by atoms with Gasteiger partial charge in [-0.05, 0) is 13.8 Å². The summed E-state index contributed by atoms with van der Waals surface area (Å²) in [6, 6.07) is 0. The van der Waals surface area contributed by atoms with Crippen molar-refractivity contribution < 1.29 is 10.2 Å². The van der Waals surface area contributed by atoms with Crippen molar-refractivity contribution in [3.8, 4) is 11.5 Å². The second kappa shape index (κ2) is 3.20. The first-order valence-electron chi connectivity index (χ1n) is 3.52. The lowest BCUT2D eigenvalue weighted by atomic mass is 10.1. The first-order chi connectivity index (χ1) is 5.46. The highest BCUT2D eigenvalue weighted by Gasteiger charge is 2.12. The minimum absolute atomic E-state index is 0.236. The lowest BCUT2D eigenvalue weighted by molar-refractivity contribution is 0.462. The third-order valence-electron chi connectivity index (χ3n) is 2.03. The van der Waals surface area contributed by atoms with E-state index >= 15 is 0 Å². The summed E-state index contributed by atoms with van der Waals surface area (Å²) >= 11 is 0. The average molecular weight is 202 g/mol. The van der Waals surface area contributed by atoms with Gasteiger partial charge in [-0.2, -0.15) is 0 Å². The van der Waals surface area contributed by atoms with E-state index in [1.165, 1.54) is 0 Å². The van der Waals surface area contributed by atoms with Crippen molar-refractivity contribution >= 4 is 29.1 Å². The van der Waals surface area contributed by atoms with Crippen LogP contribution in [0.25, 0.3) is 0 Å². The summed E-state index contributed by atoms with van der Waals surface area (Å²) < 4.78 is 0. The molecule has 0 aliphatic rings. The largest absolute Gasteiger partial charge is 0.507 e. The number of aromatic hydroxyl groups is 2. The van der Waals surface area contributed by atoms with E-state index in [0.29, 0.717) is 21.7 Å². The molecule has 0 aliphatic heterocycles. The maximum absolute atomic E-state index is 9.55. The van der Waals surface area contributed by atoms with E-state index in [0.717, 1.165) is 0 Å². The Morgan fingerprint density at radius 2 is 1.08 bits per heavy atom. The normalized spacial score (nSPS) is 10.3. The van der Waals surface area contributed by atoms with Gasteiger partial charge < -0.3 is 10.2 Å². The van der Waals surface area contributed by atoms with Gasteiger partial charge in [0.25, 0.3) is 0 Å². The fraction of sp³-hybridized carbons (Fsp3) is 0.250. The van der Waals surface area contributed by atoms with Gasteiger partial charge in [-0.1, -0.05) is 0 Å². The molecule has 2 unspecified atom stereocenters. The smallest absolute Gasteiger partial charge is 0.126 e. The molecule has 2 nitrogen and oxygen atoms in total. The number of rotatable bonds is 0. The summed E-state index contributed by atoms with van der Waals surface area (Å²) in [5, 5.41) is 20.4. The third kappa shape index (κ3) is 1.30. The van der Waals surface area contributed by atoms with Gasteiger partial charge >= 0.3 is 0 Å². The molecule has 0 aromatic heterocycles. The number of phenolic OH excluding ortho intramolecular Hbond substituents is 2. The Labute approximate surface area is 76.4 Å². The molecule has 0 aliphatic carbocycles. The van der Waals surface area contributed by atoms with Gasteiger partial charge in [0.2, 0.25) is 0 Å². The number of hydrogen-bond donors (Lipinski definition) is 2. The van der Waals surface area contributed by atoms with E-state index in [1.54, 1.807) is 13.8 Å². The SMILES string of the molecule is Cc1c(O)c(P)c(C)c(O)c1P. The predicted molar refractivity (Wildman–Crippen MR) is 57.9 cm³/mol. The molecule has 0 amide bonds. The van der Waals surface area contributed by atoms with Gasteiger partial charge in [0.15, 0.2) is 0 Å². The van der Waals surface area contributed by atoms with Gasteiger partial charge in [-0.3, -0.25) is 0 Å². The van der Waals surface area contributed by atoms with E-state index in [1.807, 2.05) is 0 Å². The third-order valence-corrected chi connectivity index (χ3v) is 3.44. The summed E-state index contributed by atoms with van der Waals surface area (Å²) in [6.07, 6.45) is 0. The molecule has 4 heteroatoms. The van der Waals surface area contributed by atoms with Crippen LogP contribution in [-0.4, -0.2) is 10.2 Å². The predicted octanol–water partition coefficient (Wildman–Crippen LogP) is 0.715. The highest BCUT2D eigenvalue weighted by molar-refractivity contribution is 7.29. The Bertz CT molecular complexity index is 229. The summed E-state index contributed by atoms with van der Waals surface area (Å²) in [5.41, 5.74) is 1.40. The van der Waals surface area contributed by atoms with E-state index in [4.69, 9.17) is 0 Å². The molecule has 0 saturated heterocycles. The minimum atomic E-state index is 0.236. The van der Waals surface area contributed by atoms with Crippen LogP contribution in [0, 0.1) is 13.8 Å². The molecular formula is C8H12O2P2. The molecule has 1 aromatic rings. The highest BCUT2D eigenvalue weighted by Crippen LogP contribution is 2.25. The van der Waals surface area contributed by atoms with Gasteiger partial charge in [0.1, 0.15) is 11.5 Å². The Kier molecular flexibility index (Phi) is 2.61. The fourth-order valence-corrected chi connectivity index (χ4v) is 1.72. The van der Waals surface area contributed by atoms with Crippen LogP contribution in [-0.2, 0) is 0 Å². The quantitative estimate of drug-likeness (QED) is 0.480. The summed E-state index contributed by atoms with van der Waals surface area (Å²) in [6.45, 7) is 3.54. The topological polar surface area (TPSA) is 40.5 Å². The zero-order valence-corrected chi connectivity index (χ0v) is 9.36. The lowest BCUT2D eigenvalue weighted by Gasteiger charge is -2.12. The summed E-state index contributed by atoms with van der Waals surface area (Å²) in [4.78, 5) is 0. The van der Waals surface area contributed by atoms with Crippen LogP contribution in [0.15, 0.2) is 0 Å². The molecule has 0 spiro atoms. The second-order valence-corrected chi connectivity index (χ2v) is 3.93. The van der Waals surface area contributed by atoms with Crippen molar-refractivity contribution in [2.24, 2.45) is 0 Å². The zero-order chi connectivity index (χ0) is 9.46. The standard InChI is InChI=1S/C8H12O2P2/c1-3-5(9)8(12)4(2)6(10)7(3)11/h9-10H,11-12H2,1-2H3. The van der Waals surface area contributed by atoms with Crippen molar-refractivity contribution in [2.45, 2.75) is 13.8 Å². The Balaban J connectivity index is 3.60. The number of hydrogen-bond acceptors (Lipinski definition) is 2. The monoisotopic (exact) mass is 202 g/mol. The van der Waals surface area contributed by atoms with Crippen LogP contribution >= 0.6 is 18.5 Å². The molecule has 0 heterocycles. The van der Waals surface area contributed by atoms with E-state index in [2.05, 4.69) is 18.5 Å². The Hall–Kier alpha value is -0.320. The van der Waals surface area contributed by atoms with Crippen molar-refractivity contribution in [3.05, 3.63) is 11.1 Å². The van der Waals surface area contributed by atoms with Crippen LogP contribution in [0.2, 0.25) is 0 Å². The van der Waals surface area contributed by atoms with Crippen LogP contribution in [0.5, 0.6) is 11.5 Å². The van der Waals surface area contributed by atoms with Crippen molar-refractivity contribution in [1.29, 1.82) is 0 Å². The maximum Gasteiger partial charge on any atom is 0.126 e. The van der Waals surface area contributed by atoms with E-state index in [9.17, 15) is 10.2 Å². The minimum Gasteiger partial charge on any atom is -0.507 e. The van der Waals surface area contributed by atoms with Crippen LogP contribution in [0.1, 0.15) is 11.1 Å². The van der Waals surface area contributed by atoms with Crippen molar-refractivity contribution in [2.75, 3.05) is 0 Å². The summed E-state index contributed by atoms with van der Waals surface area (Å²) in [7, 11) is 4.83. The average Bonchev–Trinajstić information content (AvgIpc) is 2.08. The van der Waals surface area contributed by atoms with Gasteiger partial charge in [-0.25, -0.2) is 0 Å². The fourth-order valence-electron chi connectivity index (χ4n) is 1.01. The lowest BCUT2D eigenvalue weighted by Crippen LogP contribution is -2.09.